The first-order valence-electron chi connectivity index (χ1n) is 10.8. The number of carbonyl (C=O) groups is 2. The van der Waals surface area contributed by atoms with Crippen LogP contribution >= 0.6 is 0 Å². The maximum Gasteiger partial charge on any atom is 0.307 e. The Labute approximate surface area is 179 Å². The van der Waals surface area contributed by atoms with Crippen molar-refractivity contribution >= 4 is 17.4 Å². The largest absolute Gasteiger partial charge is 0.481 e. The van der Waals surface area contributed by atoms with Crippen molar-refractivity contribution in [3.8, 4) is 11.3 Å². The fraction of sp³-hybridized carbons (Fsp3) is 0.375. The summed E-state index contributed by atoms with van der Waals surface area (Å²) in [6.07, 6.45) is 4.82. The first-order chi connectivity index (χ1) is 15.0. The standard InChI is InChI=1S/C24H24FN3O3/c25-17-6-4-15(5-7-17)21-20-3-1-2-12-28(20)22(26-21)16-10-13-27(14-11-16)23(29)18-8-9-19(18)24(30)31/h1-7,12,16,18-19H,8-11,13-14H2,(H,30,31). The summed E-state index contributed by atoms with van der Waals surface area (Å²) in [4.78, 5) is 30.8. The molecule has 3 heterocycles. The molecule has 1 saturated heterocycles. The first kappa shape index (κ1) is 19.7. The molecule has 160 valence electrons. The number of carboxylic acids is 1. The number of hydrogen-bond donors (Lipinski definition) is 1. The Kier molecular flexibility index (Phi) is 4.96. The highest BCUT2D eigenvalue weighted by Crippen LogP contribution is 2.38. The summed E-state index contributed by atoms with van der Waals surface area (Å²) in [5.41, 5.74) is 2.67. The number of benzene rings is 1. The number of carbonyl (C=O) groups excluding carboxylic acids is 1. The summed E-state index contributed by atoms with van der Waals surface area (Å²) in [7, 11) is 0. The second kappa shape index (κ2) is 7.80. The molecular formula is C24H24FN3O3. The highest BCUT2D eigenvalue weighted by atomic mass is 19.1. The highest BCUT2D eigenvalue weighted by molar-refractivity contribution is 5.86. The average Bonchev–Trinajstić information content (AvgIpc) is 3.13. The van der Waals surface area contributed by atoms with E-state index in [0.29, 0.717) is 25.9 Å². The molecule has 1 amide bonds. The van der Waals surface area contributed by atoms with Gasteiger partial charge >= 0.3 is 5.97 Å². The van der Waals surface area contributed by atoms with Crippen LogP contribution in [0, 0.1) is 17.7 Å². The van der Waals surface area contributed by atoms with Crippen molar-refractivity contribution in [1.82, 2.24) is 14.3 Å². The number of aliphatic carboxylic acids is 1. The zero-order valence-electron chi connectivity index (χ0n) is 17.1. The Morgan fingerprint density at radius 3 is 2.32 bits per heavy atom. The van der Waals surface area contributed by atoms with E-state index < -0.39 is 11.9 Å². The highest BCUT2D eigenvalue weighted by Gasteiger charge is 2.43. The molecule has 0 spiro atoms. The molecule has 3 aromatic rings. The van der Waals surface area contributed by atoms with Crippen LogP contribution in [0.1, 0.15) is 37.4 Å². The van der Waals surface area contributed by atoms with Gasteiger partial charge in [0.25, 0.3) is 0 Å². The van der Waals surface area contributed by atoms with Crippen LogP contribution in [0.25, 0.3) is 16.8 Å². The summed E-state index contributed by atoms with van der Waals surface area (Å²) in [6.45, 7) is 1.22. The number of nitrogens with zero attached hydrogens (tertiary/aromatic N) is 3. The van der Waals surface area contributed by atoms with Crippen LogP contribution in [-0.4, -0.2) is 44.4 Å². The normalized spacial score (nSPS) is 21.8. The average molecular weight is 421 g/mol. The Hall–Kier alpha value is -3.22. The SMILES string of the molecule is O=C(O)C1CCC1C(=O)N1CCC(c2nc(-c3ccc(F)cc3)c3ccccn23)CC1. The minimum absolute atomic E-state index is 0.0166. The smallest absolute Gasteiger partial charge is 0.307 e. The van der Waals surface area contributed by atoms with Crippen LogP contribution < -0.4 is 0 Å². The molecular weight excluding hydrogens is 397 g/mol. The molecule has 1 N–H and O–H groups in total. The van der Waals surface area contributed by atoms with E-state index in [0.717, 1.165) is 35.4 Å². The minimum atomic E-state index is -0.864. The third-order valence-electron chi connectivity index (χ3n) is 6.77. The molecule has 2 aliphatic rings. The Morgan fingerprint density at radius 2 is 1.68 bits per heavy atom. The van der Waals surface area contributed by atoms with Crippen LogP contribution in [0.15, 0.2) is 48.7 Å². The van der Waals surface area contributed by atoms with Crippen LogP contribution in [0.4, 0.5) is 4.39 Å². The zero-order valence-corrected chi connectivity index (χ0v) is 17.1. The lowest BCUT2D eigenvalue weighted by Gasteiger charge is -2.39. The van der Waals surface area contributed by atoms with Crippen molar-refractivity contribution in [2.75, 3.05) is 13.1 Å². The van der Waals surface area contributed by atoms with Crippen LogP contribution in [0.3, 0.4) is 0 Å². The van der Waals surface area contributed by atoms with Gasteiger partial charge in [0.05, 0.1) is 23.0 Å². The summed E-state index contributed by atoms with van der Waals surface area (Å²) in [5, 5.41) is 9.25. The van der Waals surface area contributed by atoms with Crippen molar-refractivity contribution < 1.29 is 19.1 Å². The van der Waals surface area contributed by atoms with Gasteiger partial charge in [-0.1, -0.05) is 6.07 Å². The lowest BCUT2D eigenvalue weighted by molar-refractivity contribution is -0.157. The summed E-state index contributed by atoms with van der Waals surface area (Å²) in [5.74, 6) is -0.903. The third-order valence-corrected chi connectivity index (χ3v) is 6.77. The van der Waals surface area contributed by atoms with Crippen LogP contribution in [0.2, 0.25) is 0 Å². The van der Waals surface area contributed by atoms with E-state index in [2.05, 4.69) is 4.40 Å². The molecule has 2 fully saturated rings. The van der Waals surface area contributed by atoms with Gasteiger partial charge in [0, 0.05) is 30.8 Å². The molecule has 2 unspecified atom stereocenters. The molecule has 7 heteroatoms. The van der Waals surface area contributed by atoms with E-state index in [1.54, 1.807) is 12.1 Å². The van der Waals surface area contributed by atoms with Gasteiger partial charge < -0.3 is 14.4 Å². The predicted octanol–water partition coefficient (Wildman–Crippen LogP) is 3.96. The first-order valence-corrected chi connectivity index (χ1v) is 10.8. The topological polar surface area (TPSA) is 74.9 Å². The predicted molar refractivity (Wildman–Crippen MR) is 113 cm³/mol. The molecule has 1 aromatic carbocycles. The minimum Gasteiger partial charge on any atom is -0.481 e. The maximum absolute atomic E-state index is 13.4. The van der Waals surface area contributed by atoms with Crippen LogP contribution in [0.5, 0.6) is 0 Å². The molecule has 0 radical (unpaired) electrons. The summed E-state index contributed by atoms with van der Waals surface area (Å²) in [6, 6.07) is 12.3. The quantitative estimate of drug-likeness (QED) is 0.692. The molecule has 2 atom stereocenters. The van der Waals surface area contributed by atoms with E-state index in [-0.39, 0.29) is 23.6 Å². The van der Waals surface area contributed by atoms with Gasteiger partial charge in [0.1, 0.15) is 11.6 Å². The van der Waals surface area contributed by atoms with Gasteiger partial charge in [-0.05, 0) is 62.1 Å². The van der Waals surface area contributed by atoms with E-state index in [1.807, 2.05) is 29.3 Å². The number of halogens is 1. The number of likely N-dealkylation sites (tertiary alicyclic amines) is 1. The van der Waals surface area contributed by atoms with Gasteiger partial charge in [-0.2, -0.15) is 0 Å². The summed E-state index contributed by atoms with van der Waals surface area (Å²) < 4.78 is 15.5. The van der Waals surface area contributed by atoms with Crippen molar-refractivity contribution in [3.63, 3.8) is 0 Å². The Morgan fingerprint density at radius 1 is 0.968 bits per heavy atom. The molecule has 0 bridgehead atoms. The van der Waals surface area contributed by atoms with E-state index in [4.69, 9.17) is 4.98 Å². The molecule has 1 aliphatic carbocycles. The van der Waals surface area contributed by atoms with Gasteiger partial charge in [0.15, 0.2) is 0 Å². The van der Waals surface area contributed by atoms with Crippen molar-refractivity contribution in [3.05, 3.63) is 60.3 Å². The van der Waals surface area contributed by atoms with Gasteiger partial charge in [0.2, 0.25) is 5.91 Å². The number of pyridine rings is 1. The third kappa shape index (κ3) is 3.48. The van der Waals surface area contributed by atoms with Gasteiger partial charge in [-0.15, -0.1) is 0 Å². The Bertz CT molecular complexity index is 1130. The molecule has 31 heavy (non-hydrogen) atoms. The lowest BCUT2D eigenvalue weighted by Crippen LogP contribution is -2.48. The number of carboxylic acid groups (broad SMARTS) is 1. The fourth-order valence-corrected chi connectivity index (χ4v) is 4.85. The van der Waals surface area contributed by atoms with Gasteiger partial charge in [-0.3, -0.25) is 9.59 Å². The lowest BCUT2D eigenvalue weighted by atomic mass is 9.72. The van der Waals surface area contributed by atoms with E-state index in [1.165, 1.54) is 12.1 Å². The molecule has 5 rings (SSSR count). The second-order valence-corrected chi connectivity index (χ2v) is 8.51. The molecule has 6 nitrogen and oxygen atoms in total. The molecule has 1 saturated carbocycles. The van der Waals surface area contributed by atoms with E-state index >= 15 is 0 Å². The monoisotopic (exact) mass is 421 g/mol. The van der Waals surface area contributed by atoms with E-state index in [9.17, 15) is 19.1 Å². The number of imidazole rings is 1. The van der Waals surface area contributed by atoms with Crippen molar-refractivity contribution in [2.45, 2.75) is 31.6 Å². The van der Waals surface area contributed by atoms with Crippen molar-refractivity contribution in [1.29, 1.82) is 0 Å². The molecule has 2 aromatic heterocycles. The zero-order chi connectivity index (χ0) is 21.5. The Balaban J connectivity index is 1.36. The van der Waals surface area contributed by atoms with Crippen molar-refractivity contribution in [2.24, 2.45) is 11.8 Å². The molecule has 1 aliphatic heterocycles. The number of hydrogen-bond acceptors (Lipinski definition) is 3. The van der Waals surface area contributed by atoms with Gasteiger partial charge in [-0.25, -0.2) is 9.37 Å². The number of amides is 1. The maximum atomic E-state index is 13.4. The fourth-order valence-electron chi connectivity index (χ4n) is 4.85. The second-order valence-electron chi connectivity index (χ2n) is 8.51. The summed E-state index contributed by atoms with van der Waals surface area (Å²) >= 11 is 0. The van der Waals surface area contributed by atoms with Crippen LogP contribution in [-0.2, 0) is 9.59 Å². The number of fused-ring (bicyclic) bond motifs is 1. The number of aromatic nitrogens is 2. The number of rotatable bonds is 4. The number of piperidine rings is 1.